The van der Waals surface area contributed by atoms with Crippen molar-refractivity contribution in [2.24, 2.45) is 5.73 Å². The highest BCUT2D eigenvalue weighted by Gasteiger charge is 2.33. The van der Waals surface area contributed by atoms with Crippen LogP contribution in [0, 0.1) is 5.82 Å². The first-order valence-electron chi connectivity index (χ1n) is 10.9. The number of alkyl halides is 6. The second-order valence-electron chi connectivity index (χ2n) is 8.24. The summed E-state index contributed by atoms with van der Waals surface area (Å²) in [6.45, 7) is 0. The Morgan fingerprint density at radius 2 is 1.54 bits per heavy atom. The lowest BCUT2D eigenvalue weighted by molar-refractivity contribution is -0.274. The third-order valence-electron chi connectivity index (χ3n) is 5.67. The fraction of sp³-hybridized carbons (Fsp3) is 0.280. The fourth-order valence-corrected chi connectivity index (χ4v) is 3.97. The number of primary amides is 1. The summed E-state index contributed by atoms with van der Waals surface area (Å²) in [7, 11) is 1.56. The number of ether oxygens (including phenoxy) is 1. The van der Waals surface area contributed by atoms with Gasteiger partial charge < -0.3 is 10.5 Å². The van der Waals surface area contributed by atoms with E-state index in [1.807, 2.05) is 0 Å². The maximum Gasteiger partial charge on any atom is 0.573 e. The summed E-state index contributed by atoms with van der Waals surface area (Å²) in [5.74, 6) is -1.73. The van der Waals surface area contributed by atoms with Crippen LogP contribution in [0.25, 0.3) is 0 Å². The van der Waals surface area contributed by atoms with Gasteiger partial charge in [-0.2, -0.15) is 13.2 Å². The summed E-state index contributed by atoms with van der Waals surface area (Å²) in [5, 5.41) is 0. The Morgan fingerprint density at radius 1 is 0.946 bits per heavy atom. The Morgan fingerprint density at radius 3 is 2.03 bits per heavy atom. The highest BCUT2D eigenvalue weighted by molar-refractivity contribution is 5.81. The van der Waals surface area contributed by atoms with Gasteiger partial charge in [-0.1, -0.05) is 30.3 Å². The lowest BCUT2D eigenvalue weighted by Crippen LogP contribution is -2.38. The fourth-order valence-electron chi connectivity index (χ4n) is 3.97. The van der Waals surface area contributed by atoms with Crippen molar-refractivity contribution in [3.05, 3.63) is 95.1 Å². The molecule has 12 heteroatoms. The minimum atomic E-state index is -4.88. The minimum absolute atomic E-state index is 0.218. The van der Waals surface area contributed by atoms with Gasteiger partial charge in [-0.05, 0) is 66.9 Å². The molecule has 1 heterocycles. The maximum absolute atomic E-state index is 13.4. The van der Waals surface area contributed by atoms with Crippen molar-refractivity contribution in [2.75, 3.05) is 7.05 Å². The van der Waals surface area contributed by atoms with E-state index in [1.165, 1.54) is 30.3 Å². The third-order valence-corrected chi connectivity index (χ3v) is 5.67. The molecule has 0 bridgehead atoms. The number of amides is 1. The van der Waals surface area contributed by atoms with Gasteiger partial charge in [-0.15, -0.1) is 13.2 Å². The van der Waals surface area contributed by atoms with Gasteiger partial charge in [0.2, 0.25) is 5.91 Å². The van der Waals surface area contributed by atoms with Gasteiger partial charge in [-0.25, -0.2) is 4.39 Å². The average Bonchev–Trinajstić information content (AvgIpc) is 2.80. The minimum Gasteiger partial charge on any atom is -0.406 e. The number of aromatic nitrogens is 1. The molecule has 2 N–H and O–H groups in total. The molecule has 5 nitrogen and oxygen atoms in total. The lowest BCUT2D eigenvalue weighted by atomic mass is 9.94. The smallest absolute Gasteiger partial charge is 0.406 e. The molecule has 1 aromatic heterocycles. The van der Waals surface area contributed by atoms with Crippen LogP contribution in [0.3, 0.4) is 0 Å². The number of halogens is 7. The van der Waals surface area contributed by atoms with E-state index in [-0.39, 0.29) is 12.8 Å². The lowest BCUT2D eigenvalue weighted by Gasteiger charge is -2.34. The number of nitrogens with two attached hydrogens (primary N) is 1. The second-order valence-corrected chi connectivity index (χ2v) is 8.24. The highest BCUT2D eigenvalue weighted by Crippen LogP contribution is 2.34. The molecule has 0 spiro atoms. The van der Waals surface area contributed by atoms with Crippen LogP contribution in [-0.4, -0.2) is 29.2 Å². The van der Waals surface area contributed by atoms with Gasteiger partial charge in [0.1, 0.15) is 23.3 Å². The molecule has 2 aromatic carbocycles. The molecular weight excluding hydrogens is 507 g/mol. The number of hydrogen-bond donors (Lipinski definition) is 1. The molecule has 0 saturated heterocycles. The number of pyridine rings is 1. The van der Waals surface area contributed by atoms with Gasteiger partial charge >= 0.3 is 12.5 Å². The molecule has 0 saturated carbocycles. The zero-order chi connectivity index (χ0) is 27.4. The number of benzene rings is 2. The van der Waals surface area contributed by atoms with Crippen LogP contribution in [0.15, 0.2) is 66.9 Å². The van der Waals surface area contributed by atoms with E-state index < -0.39 is 47.8 Å². The van der Waals surface area contributed by atoms with E-state index in [1.54, 1.807) is 11.9 Å². The van der Waals surface area contributed by atoms with Crippen LogP contribution in [0.4, 0.5) is 30.7 Å². The largest absolute Gasteiger partial charge is 0.573 e. The molecule has 198 valence electrons. The Labute approximate surface area is 207 Å². The summed E-state index contributed by atoms with van der Waals surface area (Å²) >= 11 is 0. The van der Waals surface area contributed by atoms with E-state index >= 15 is 0 Å². The van der Waals surface area contributed by atoms with Crippen molar-refractivity contribution in [3.63, 3.8) is 0 Å². The molecule has 1 amide bonds. The first-order valence-corrected chi connectivity index (χ1v) is 10.9. The zero-order valence-electron chi connectivity index (χ0n) is 19.4. The zero-order valence-corrected chi connectivity index (χ0v) is 19.4. The molecule has 3 rings (SSSR count). The van der Waals surface area contributed by atoms with Gasteiger partial charge in [0.15, 0.2) is 0 Å². The monoisotopic (exact) mass is 529 g/mol. The van der Waals surface area contributed by atoms with Crippen molar-refractivity contribution >= 4 is 5.91 Å². The van der Waals surface area contributed by atoms with Crippen molar-refractivity contribution in [1.82, 2.24) is 9.88 Å². The van der Waals surface area contributed by atoms with Gasteiger partial charge in [0.25, 0.3) is 0 Å². The number of likely N-dealkylation sites (N-methyl/N-ethyl adjacent to an activating group) is 1. The number of carbonyl (C=O) groups is 1. The van der Waals surface area contributed by atoms with Crippen LogP contribution < -0.4 is 10.5 Å². The SMILES string of the molecule is CN(C(CCc1ccc(C(F)(F)F)nc1)c1ccc(OC(F)(F)F)cc1)C(C(N)=O)c1ccc(F)cc1. The van der Waals surface area contributed by atoms with Crippen molar-refractivity contribution in [2.45, 2.75) is 37.5 Å². The third kappa shape index (κ3) is 7.66. The van der Waals surface area contributed by atoms with E-state index in [2.05, 4.69) is 9.72 Å². The molecule has 2 unspecified atom stereocenters. The van der Waals surface area contributed by atoms with E-state index in [9.17, 15) is 35.5 Å². The standard InChI is InChI=1S/C25H22F7N3O2/c1-35(22(23(33)36)17-4-8-18(26)9-5-17)20(16-6-10-19(11-7-16)37-25(30,31)32)12-2-15-3-13-21(34-14-15)24(27,28)29/h3-11,13-14,20,22H,2,12H2,1H3,(H2,33,36). The summed E-state index contributed by atoms with van der Waals surface area (Å²) in [6.07, 6.45) is -7.94. The van der Waals surface area contributed by atoms with E-state index in [0.29, 0.717) is 16.7 Å². The topological polar surface area (TPSA) is 68.5 Å². The number of hydrogen-bond acceptors (Lipinski definition) is 4. The maximum atomic E-state index is 13.4. The normalized spacial score (nSPS) is 13.9. The number of aryl methyl sites for hydroxylation is 1. The number of nitrogens with zero attached hydrogens (tertiary/aromatic N) is 2. The first-order chi connectivity index (χ1) is 17.2. The average molecular weight is 529 g/mol. The van der Waals surface area contributed by atoms with Crippen LogP contribution >= 0.6 is 0 Å². The van der Waals surface area contributed by atoms with Crippen LogP contribution in [0.1, 0.15) is 40.9 Å². The molecule has 3 aromatic rings. The molecule has 37 heavy (non-hydrogen) atoms. The van der Waals surface area contributed by atoms with Crippen molar-refractivity contribution in [3.8, 4) is 5.75 Å². The van der Waals surface area contributed by atoms with Crippen LogP contribution in [0.2, 0.25) is 0 Å². The Balaban J connectivity index is 1.92. The van der Waals surface area contributed by atoms with E-state index in [0.717, 1.165) is 36.5 Å². The molecule has 2 atom stereocenters. The van der Waals surface area contributed by atoms with Gasteiger partial charge in [0, 0.05) is 12.2 Å². The summed E-state index contributed by atoms with van der Waals surface area (Å²) in [6, 6.07) is 10.5. The van der Waals surface area contributed by atoms with Crippen LogP contribution in [-0.2, 0) is 17.4 Å². The first kappa shape index (κ1) is 27.9. The van der Waals surface area contributed by atoms with Crippen LogP contribution in [0.5, 0.6) is 5.75 Å². The molecular formula is C25H22F7N3O2. The van der Waals surface area contributed by atoms with Crippen molar-refractivity contribution in [1.29, 1.82) is 0 Å². The predicted octanol–water partition coefficient (Wildman–Crippen LogP) is 5.97. The Kier molecular flexibility index (Phi) is 8.42. The quantitative estimate of drug-likeness (QED) is 0.347. The second kappa shape index (κ2) is 11.2. The molecule has 0 fully saturated rings. The molecule has 0 radical (unpaired) electrons. The summed E-state index contributed by atoms with van der Waals surface area (Å²) in [4.78, 5) is 17.4. The summed E-state index contributed by atoms with van der Waals surface area (Å²) < 4.78 is 93.5. The highest BCUT2D eigenvalue weighted by atomic mass is 19.4. The Hall–Kier alpha value is -3.67. The summed E-state index contributed by atoms with van der Waals surface area (Å²) in [5.41, 5.74) is 5.95. The van der Waals surface area contributed by atoms with Crippen molar-refractivity contribution < 1.29 is 40.3 Å². The number of rotatable bonds is 9. The van der Waals surface area contributed by atoms with E-state index in [4.69, 9.17) is 5.73 Å². The van der Waals surface area contributed by atoms with Gasteiger partial charge in [0.05, 0.1) is 0 Å². The Bertz CT molecular complexity index is 1180. The predicted molar refractivity (Wildman–Crippen MR) is 120 cm³/mol. The van der Waals surface area contributed by atoms with Gasteiger partial charge in [-0.3, -0.25) is 14.7 Å². The molecule has 0 aliphatic carbocycles. The molecule has 0 aliphatic heterocycles. The number of carbonyl (C=O) groups excluding carboxylic acids is 1. The molecule has 0 aliphatic rings.